The molecule has 0 atom stereocenters. The molecular formula is C23H28N2O3. The Kier molecular flexibility index (Phi) is 6.34. The zero-order valence-corrected chi connectivity index (χ0v) is 16.8. The average molecular weight is 380 g/mol. The summed E-state index contributed by atoms with van der Waals surface area (Å²) < 4.78 is 5.82. The highest BCUT2D eigenvalue weighted by Crippen LogP contribution is 2.30. The van der Waals surface area contributed by atoms with Gasteiger partial charge in [-0.1, -0.05) is 26.0 Å². The monoisotopic (exact) mass is 380 g/mol. The van der Waals surface area contributed by atoms with Crippen LogP contribution in [0.4, 0.5) is 5.69 Å². The molecule has 0 bridgehead atoms. The fourth-order valence-corrected chi connectivity index (χ4v) is 3.01. The summed E-state index contributed by atoms with van der Waals surface area (Å²) in [6.07, 6.45) is 2.08. The molecule has 5 heteroatoms. The zero-order chi connectivity index (χ0) is 20.1. The second-order valence-corrected chi connectivity index (χ2v) is 7.78. The van der Waals surface area contributed by atoms with Crippen LogP contribution in [0.15, 0.2) is 48.5 Å². The van der Waals surface area contributed by atoms with Gasteiger partial charge < -0.3 is 15.0 Å². The van der Waals surface area contributed by atoms with Gasteiger partial charge in [-0.3, -0.25) is 9.59 Å². The van der Waals surface area contributed by atoms with Gasteiger partial charge in [0.15, 0.2) is 0 Å². The first-order chi connectivity index (χ1) is 13.4. The maximum Gasteiger partial charge on any atom is 0.254 e. The minimum atomic E-state index is -0.127. The van der Waals surface area contributed by atoms with Gasteiger partial charge >= 0.3 is 0 Å². The van der Waals surface area contributed by atoms with Crippen LogP contribution >= 0.6 is 0 Å². The standard InChI is InChI=1S/C23H28N2O3/c1-16(2)15-28-22-6-4-5-18(13-22)14-25(21-11-12-21)23(27)19-7-9-20(10-8-19)24-17(3)26/h4-10,13,16,21H,11-12,14-15H2,1-3H3,(H,24,26). The van der Waals surface area contributed by atoms with Gasteiger partial charge in [-0.05, 0) is 60.7 Å². The Labute approximate surface area is 166 Å². The molecule has 1 fully saturated rings. The Morgan fingerprint density at radius 3 is 2.46 bits per heavy atom. The fourth-order valence-electron chi connectivity index (χ4n) is 3.01. The summed E-state index contributed by atoms with van der Waals surface area (Å²) >= 11 is 0. The smallest absolute Gasteiger partial charge is 0.254 e. The number of hydrogen-bond acceptors (Lipinski definition) is 3. The summed E-state index contributed by atoms with van der Waals surface area (Å²) in [6.45, 7) is 6.95. The summed E-state index contributed by atoms with van der Waals surface area (Å²) in [7, 11) is 0. The second-order valence-electron chi connectivity index (χ2n) is 7.78. The van der Waals surface area contributed by atoms with E-state index in [2.05, 4.69) is 19.2 Å². The van der Waals surface area contributed by atoms with Crippen molar-refractivity contribution in [2.75, 3.05) is 11.9 Å². The van der Waals surface area contributed by atoms with Gasteiger partial charge in [-0.2, -0.15) is 0 Å². The number of rotatable bonds is 8. The van der Waals surface area contributed by atoms with Crippen LogP contribution in [0, 0.1) is 5.92 Å². The lowest BCUT2D eigenvalue weighted by Gasteiger charge is -2.23. The van der Waals surface area contributed by atoms with E-state index >= 15 is 0 Å². The van der Waals surface area contributed by atoms with E-state index in [1.165, 1.54) is 6.92 Å². The van der Waals surface area contributed by atoms with Crippen LogP contribution in [0.2, 0.25) is 0 Å². The van der Waals surface area contributed by atoms with Crippen LogP contribution < -0.4 is 10.1 Å². The summed E-state index contributed by atoms with van der Waals surface area (Å²) in [5.41, 5.74) is 2.39. The number of nitrogens with zero attached hydrogens (tertiary/aromatic N) is 1. The van der Waals surface area contributed by atoms with Gasteiger partial charge in [0.2, 0.25) is 5.91 Å². The summed E-state index contributed by atoms with van der Waals surface area (Å²) in [6, 6.07) is 15.3. The van der Waals surface area contributed by atoms with Crippen LogP contribution in [0.5, 0.6) is 5.75 Å². The molecule has 1 aliphatic rings. The second kappa shape index (κ2) is 8.91. The fraction of sp³-hybridized carbons (Fsp3) is 0.391. The van der Waals surface area contributed by atoms with E-state index < -0.39 is 0 Å². The molecule has 1 N–H and O–H groups in total. The number of hydrogen-bond donors (Lipinski definition) is 1. The number of carbonyl (C=O) groups is 2. The summed E-state index contributed by atoms with van der Waals surface area (Å²) in [5, 5.41) is 2.72. The van der Waals surface area contributed by atoms with Crippen molar-refractivity contribution in [1.29, 1.82) is 0 Å². The lowest BCUT2D eigenvalue weighted by atomic mass is 10.1. The number of benzene rings is 2. The molecule has 0 radical (unpaired) electrons. The molecule has 2 amide bonds. The van der Waals surface area contributed by atoms with E-state index in [0.717, 1.165) is 24.2 Å². The third-order valence-electron chi connectivity index (χ3n) is 4.54. The topological polar surface area (TPSA) is 58.6 Å². The highest BCUT2D eigenvalue weighted by Gasteiger charge is 2.33. The van der Waals surface area contributed by atoms with E-state index in [1.807, 2.05) is 29.2 Å². The van der Waals surface area contributed by atoms with E-state index in [0.29, 0.717) is 36.4 Å². The molecule has 0 unspecified atom stereocenters. The van der Waals surface area contributed by atoms with Crippen LogP contribution in [0.1, 0.15) is 49.5 Å². The predicted molar refractivity (Wildman–Crippen MR) is 110 cm³/mol. The van der Waals surface area contributed by atoms with Crippen LogP contribution in [-0.2, 0) is 11.3 Å². The first kappa shape index (κ1) is 19.9. The molecule has 0 aromatic heterocycles. The molecule has 0 spiro atoms. The third-order valence-corrected chi connectivity index (χ3v) is 4.54. The molecule has 1 aliphatic carbocycles. The van der Waals surface area contributed by atoms with E-state index in [4.69, 9.17) is 4.74 Å². The van der Waals surface area contributed by atoms with Crippen LogP contribution in [0.3, 0.4) is 0 Å². The van der Waals surface area contributed by atoms with Crippen molar-refractivity contribution in [1.82, 2.24) is 4.90 Å². The first-order valence-corrected chi connectivity index (χ1v) is 9.82. The van der Waals surface area contributed by atoms with Gasteiger partial charge in [0, 0.05) is 30.8 Å². The van der Waals surface area contributed by atoms with Crippen molar-refractivity contribution in [3.05, 3.63) is 59.7 Å². The average Bonchev–Trinajstić information content (AvgIpc) is 3.49. The Morgan fingerprint density at radius 1 is 1.14 bits per heavy atom. The number of anilines is 1. The SMILES string of the molecule is CC(=O)Nc1ccc(C(=O)N(Cc2cccc(OCC(C)C)c2)C2CC2)cc1. The molecule has 5 nitrogen and oxygen atoms in total. The maximum absolute atomic E-state index is 13.1. The normalized spacial score (nSPS) is 13.3. The molecule has 3 rings (SSSR count). The summed E-state index contributed by atoms with van der Waals surface area (Å²) in [4.78, 5) is 26.2. The van der Waals surface area contributed by atoms with Gasteiger partial charge in [0.1, 0.15) is 5.75 Å². The Balaban J connectivity index is 1.71. The first-order valence-electron chi connectivity index (χ1n) is 9.82. The van der Waals surface area contributed by atoms with E-state index in [9.17, 15) is 9.59 Å². The number of nitrogens with one attached hydrogen (secondary N) is 1. The minimum Gasteiger partial charge on any atom is -0.493 e. The molecule has 28 heavy (non-hydrogen) atoms. The van der Waals surface area contributed by atoms with Crippen LogP contribution in [0.25, 0.3) is 0 Å². The molecule has 0 saturated heterocycles. The lowest BCUT2D eigenvalue weighted by Crippen LogP contribution is -2.32. The molecule has 2 aromatic carbocycles. The predicted octanol–water partition coefficient (Wildman–Crippen LogP) is 4.48. The van der Waals surface area contributed by atoms with E-state index in [-0.39, 0.29) is 11.8 Å². The maximum atomic E-state index is 13.1. The van der Waals surface area contributed by atoms with Gasteiger partial charge in [0.05, 0.1) is 6.61 Å². The molecule has 0 aliphatic heterocycles. The largest absolute Gasteiger partial charge is 0.493 e. The Hall–Kier alpha value is -2.82. The van der Waals surface area contributed by atoms with Gasteiger partial charge in [0.25, 0.3) is 5.91 Å². The van der Waals surface area contributed by atoms with Gasteiger partial charge in [-0.15, -0.1) is 0 Å². The summed E-state index contributed by atoms with van der Waals surface area (Å²) in [5.74, 6) is 1.20. The highest BCUT2D eigenvalue weighted by molar-refractivity contribution is 5.95. The molecule has 148 valence electrons. The van der Waals surface area contributed by atoms with Crippen molar-refractivity contribution in [2.24, 2.45) is 5.92 Å². The van der Waals surface area contributed by atoms with Gasteiger partial charge in [-0.25, -0.2) is 0 Å². The number of ether oxygens (including phenoxy) is 1. The Morgan fingerprint density at radius 2 is 1.86 bits per heavy atom. The van der Waals surface area contributed by atoms with Crippen LogP contribution in [-0.4, -0.2) is 29.4 Å². The molecule has 0 heterocycles. The third kappa shape index (κ3) is 5.59. The number of amides is 2. The Bertz CT molecular complexity index is 826. The molecule has 1 saturated carbocycles. The van der Waals surface area contributed by atoms with E-state index in [1.54, 1.807) is 24.3 Å². The highest BCUT2D eigenvalue weighted by atomic mass is 16.5. The molecule has 2 aromatic rings. The lowest BCUT2D eigenvalue weighted by molar-refractivity contribution is -0.114. The van der Waals surface area contributed by atoms with Crippen molar-refractivity contribution in [3.63, 3.8) is 0 Å². The van der Waals surface area contributed by atoms with Crippen molar-refractivity contribution >= 4 is 17.5 Å². The zero-order valence-electron chi connectivity index (χ0n) is 16.8. The number of carbonyl (C=O) groups excluding carboxylic acids is 2. The van der Waals surface area contributed by atoms with Crippen molar-refractivity contribution in [3.8, 4) is 5.75 Å². The quantitative estimate of drug-likeness (QED) is 0.734. The minimum absolute atomic E-state index is 0.0189. The van der Waals surface area contributed by atoms with Crippen molar-refractivity contribution in [2.45, 2.75) is 46.2 Å². The molecular weight excluding hydrogens is 352 g/mol. The van der Waals surface area contributed by atoms with Crippen molar-refractivity contribution < 1.29 is 14.3 Å².